The number of carbonyl (C=O) groups excluding carboxylic acids is 1. The molecule has 2 N–H and O–H groups in total. The van der Waals surface area contributed by atoms with Crippen LogP contribution in [0.5, 0.6) is 0 Å². The van der Waals surface area contributed by atoms with Crippen LogP contribution in [0.2, 0.25) is 0 Å². The largest absolute Gasteiger partial charge is 0.480 e. The minimum Gasteiger partial charge on any atom is -0.480 e. The van der Waals surface area contributed by atoms with Crippen molar-refractivity contribution in [2.24, 2.45) is 0 Å². The molecule has 0 aliphatic carbocycles. The fraction of sp³-hybridized carbons (Fsp3) is 0.429. The Morgan fingerprint density at radius 3 is 3.09 bits per heavy atom. The van der Waals surface area contributed by atoms with Crippen molar-refractivity contribution in [1.29, 1.82) is 0 Å². The number of hydrogen-bond donors (Lipinski definition) is 2. The van der Waals surface area contributed by atoms with E-state index in [9.17, 15) is 9.59 Å². The zero-order valence-corrected chi connectivity index (χ0v) is 12.8. The molecule has 1 aliphatic heterocycles. The van der Waals surface area contributed by atoms with Gasteiger partial charge in [-0.05, 0) is 31.2 Å². The molecular weight excluding hydrogens is 304 g/mol. The van der Waals surface area contributed by atoms with Gasteiger partial charge in [-0.15, -0.1) is 11.3 Å². The van der Waals surface area contributed by atoms with Crippen LogP contribution >= 0.6 is 11.3 Å². The summed E-state index contributed by atoms with van der Waals surface area (Å²) in [6.07, 6.45) is 3.06. The highest BCUT2D eigenvalue weighted by Gasteiger charge is 2.33. The second-order valence-electron chi connectivity index (χ2n) is 5.26. The molecule has 1 aliphatic rings. The number of carbonyl (C=O) groups is 2. The second kappa shape index (κ2) is 5.88. The Hall–Kier alpha value is -2.22. The number of nitrogens with zero attached hydrogens (tertiary/aromatic N) is 3. The summed E-state index contributed by atoms with van der Waals surface area (Å²) < 4.78 is 0. The molecule has 7 nitrogen and oxygen atoms in total. The topological polar surface area (TPSA) is 95.4 Å². The van der Waals surface area contributed by atoms with E-state index in [1.165, 1.54) is 24.6 Å². The molecule has 1 saturated heterocycles. The van der Waals surface area contributed by atoms with Gasteiger partial charge in [0.2, 0.25) is 5.91 Å². The molecule has 2 aromatic rings. The Kier molecular flexibility index (Phi) is 3.93. The number of carboxylic acid groups (broad SMARTS) is 1. The van der Waals surface area contributed by atoms with Crippen LogP contribution in [0, 0.1) is 0 Å². The van der Waals surface area contributed by atoms with Crippen molar-refractivity contribution >= 4 is 39.2 Å². The summed E-state index contributed by atoms with van der Waals surface area (Å²) >= 11 is 1.53. The summed E-state index contributed by atoms with van der Waals surface area (Å²) in [6.45, 7) is 2.18. The molecule has 0 radical (unpaired) electrons. The minimum atomic E-state index is -1.04. The molecule has 0 spiro atoms. The van der Waals surface area contributed by atoms with E-state index in [-0.39, 0.29) is 11.9 Å². The van der Waals surface area contributed by atoms with Crippen molar-refractivity contribution < 1.29 is 14.7 Å². The number of carboxylic acids is 1. The van der Waals surface area contributed by atoms with E-state index in [1.807, 2.05) is 16.3 Å². The lowest BCUT2D eigenvalue weighted by molar-refractivity contribution is -0.141. The quantitative estimate of drug-likeness (QED) is 0.880. The molecule has 3 rings (SSSR count). The van der Waals surface area contributed by atoms with Gasteiger partial charge in [-0.1, -0.05) is 0 Å². The van der Waals surface area contributed by atoms with Gasteiger partial charge in [0.05, 0.1) is 5.39 Å². The van der Waals surface area contributed by atoms with Gasteiger partial charge >= 0.3 is 5.97 Å². The van der Waals surface area contributed by atoms with E-state index in [0.29, 0.717) is 6.42 Å². The molecular formula is C14H16N4O3S. The van der Waals surface area contributed by atoms with Gasteiger partial charge in [-0.25, -0.2) is 9.97 Å². The Bertz CT molecular complexity index is 717. The predicted octanol–water partition coefficient (Wildman–Crippen LogP) is 1.25. The van der Waals surface area contributed by atoms with Gasteiger partial charge in [-0.3, -0.25) is 9.59 Å². The highest BCUT2D eigenvalue weighted by atomic mass is 32.1. The maximum absolute atomic E-state index is 12.4. The van der Waals surface area contributed by atoms with Crippen molar-refractivity contribution in [2.45, 2.75) is 31.8 Å². The van der Waals surface area contributed by atoms with E-state index in [4.69, 9.17) is 5.11 Å². The monoisotopic (exact) mass is 320 g/mol. The van der Waals surface area contributed by atoms with Crippen molar-refractivity contribution in [2.75, 3.05) is 11.4 Å². The van der Waals surface area contributed by atoms with Gasteiger partial charge in [0.1, 0.15) is 29.1 Å². The van der Waals surface area contributed by atoms with Crippen LogP contribution in [-0.4, -0.2) is 45.6 Å². The Labute approximate surface area is 131 Å². The smallest absolute Gasteiger partial charge is 0.325 e. The van der Waals surface area contributed by atoms with Gasteiger partial charge in [-0.2, -0.15) is 0 Å². The fourth-order valence-corrected chi connectivity index (χ4v) is 3.40. The second-order valence-corrected chi connectivity index (χ2v) is 6.15. The van der Waals surface area contributed by atoms with Crippen molar-refractivity contribution in [3.63, 3.8) is 0 Å². The molecule has 3 heterocycles. The molecule has 0 aromatic carbocycles. The fourth-order valence-electron chi connectivity index (χ4n) is 2.67. The standard InChI is InChI=1S/C14H16N4O3S/c1-8(14(20)21)17-12(19)10-3-2-5-18(10)11-9-4-6-22-13(9)16-7-15-11/h4,6-8,10H,2-3,5H2,1H3,(H,17,19)(H,20,21)/t8-,10?/m0/s1. The lowest BCUT2D eigenvalue weighted by Gasteiger charge is -2.26. The predicted molar refractivity (Wildman–Crippen MR) is 83.0 cm³/mol. The van der Waals surface area contributed by atoms with Crippen molar-refractivity contribution in [3.8, 4) is 0 Å². The Morgan fingerprint density at radius 2 is 2.32 bits per heavy atom. The average molecular weight is 320 g/mol. The van der Waals surface area contributed by atoms with Crippen molar-refractivity contribution in [3.05, 3.63) is 17.8 Å². The Balaban J connectivity index is 1.85. The lowest BCUT2D eigenvalue weighted by Crippen LogP contribution is -2.48. The zero-order valence-electron chi connectivity index (χ0n) is 12.0. The van der Waals surface area contributed by atoms with Crippen LogP contribution in [-0.2, 0) is 9.59 Å². The molecule has 116 valence electrons. The van der Waals surface area contributed by atoms with E-state index >= 15 is 0 Å². The van der Waals surface area contributed by atoms with E-state index in [0.717, 1.165) is 29.0 Å². The molecule has 2 atom stereocenters. The maximum Gasteiger partial charge on any atom is 0.325 e. The summed E-state index contributed by atoms with van der Waals surface area (Å²) in [5.41, 5.74) is 0. The van der Waals surface area contributed by atoms with Crippen LogP contribution in [0.4, 0.5) is 5.82 Å². The summed E-state index contributed by atoms with van der Waals surface area (Å²) in [4.78, 5) is 34.6. The van der Waals surface area contributed by atoms with Crippen LogP contribution in [0.3, 0.4) is 0 Å². The molecule has 2 aromatic heterocycles. The highest BCUT2D eigenvalue weighted by Crippen LogP contribution is 2.31. The van der Waals surface area contributed by atoms with Crippen LogP contribution < -0.4 is 10.2 Å². The third-order valence-electron chi connectivity index (χ3n) is 3.80. The van der Waals surface area contributed by atoms with Crippen LogP contribution in [0.25, 0.3) is 10.2 Å². The van der Waals surface area contributed by atoms with Crippen LogP contribution in [0.1, 0.15) is 19.8 Å². The van der Waals surface area contributed by atoms with E-state index in [1.54, 1.807) is 0 Å². The molecule has 0 saturated carbocycles. The molecule has 1 amide bonds. The summed E-state index contributed by atoms with van der Waals surface area (Å²) in [5, 5.41) is 14.3. The normalized spacial score (nSPS) is 19.3. The number of hydrogen-bond acceptors (Lipinski definition) is 6. The molecule has 22 heavy (non-hydrogen) atoms. The summed E-state index contributed by atoms with van der Waals surface area (Å²) in [7, 11) is 0. The zero-order chi connectivity index (χ0) is 15.7. The number of aromatic nitrogens is 2. The third kappa shape index (κ3) is 2.61. The van der Waals surface area contributed by atoms with E-state index < -0.39 is 12.0 Å². The summed E-state index contributed by atoms with van der Waals surface area (Å²) in [6, 6.07) is 0.656. The summed E-state index contributed by atoms with van der Waals surface area (Å²) in [5.74, 6) is -0.568. The molecule has 0 bridgehead atoms. The van der Waals surface area contributed by atoms with Gasteiger partial charge in [0, 0.05) is 6.54 Å². The number of rotatable bonds is 4. The first-order valence-electron chi connectivity index (χ1n) is 7.06. The van der Waals surface area contributed by atoms with Gasteiger partial charge in [0.15, 0.2) is 0 Å². The molecule has 1 fully saturated rings. The first kappa shape index (κ1) is 14.7. The maximum atomic E-state index is 12.4. The number of thiophene rings is 1. The first-order chi connectivity index (χ1) is 10.6. The number of fused-ring (bicyclic) bond motifs is 1. The minimum absolute atomic E-state index is 0.269. The lowest BCUT2D eigenvalue weighted by atomic mass is 10.2. The SMILES string of the molecule is C[C@H](NC(=O)C1CCCN1c1ncnc2sccc12)C(=O)O. The Morgan fingerprint density at radius 1 is 1.50 bits per heavy atom. The first-order valence-corrected chi connectivity index (χ1v) is 7.94. The van der Waals surface area contributed by atoms with Crippen LogP contribution in [0.15, 0.2) is 17.8 Å². The third-order valence-corrected chi connectivity index (χ3v) is 4.62. The van der Waals surface area contributed by atoms with E-state index in [2.05, 4.69) is 15.3 Å². The van der Waals surface area contributed by atoms with Crippen molar-refractivity contribution in [1.82, 2.24) is 15.3 Å². The average Bonchev–Trinajstić information content (AvgIpc) is 3.15. The van der Waals surface area contributed by atoms with Gasteiger partial charge < -0.3 is 15.3 Å². The number of anilines is 1. The number of nitrogens with one attached hydrogen (secondary N) is 1. The van der Waals surface area contributed by atoms with Gasteiger partial charge in [0.25, 0.3) is 0 Å². The number of amides is 1. The number of aliphatic carboxylic acids is 1. The molecule has 8 heteroatoms. The highest BCUT2D eigenvalue weighted by molar-refractivity contribution is 7.16. The molecule has 1 unspecified atom stereocenters.